The number of primary amides is 1. The van der Waals surface area contributed by atoms with Crippen molar-refractivity contribution in [2.45, 2.75) is 31.1 Å². The van der Waals surface area contributed by atoms with Crippen LogP contribution in [-0.2, 0) is 16.6 Å². The maximum absolute atomic E-state index is 14.2. The molecule has 30 heavy (non-hydrogen) atoms. The number of amides is 1. The Balaban J connectivity index is 1.49. The third-order valence-corrected chi connectivity index (χ3v) is 5.53. The molecule has 0 aliphatic heterocycles. The molecular formula is C22H21F2N5O. The van der Waals surface area contributed by atoms with Crippen molar-refractivity contribution in [2.24, 2.45) is 5.73 Å². The third kappa shape index (κ3) is 3.98. The SMILES string of the molecule is NC(=O)Cc1ccc(F)c(-c2ccc(NCC3(c4ncccc4F)CCC3)nn2)c1. The predicted octanol–water partition coefficient (Wildman–Crippen LogP) is 3.38. The van der Waals surface area contributed by atoms with Gasteiger partial charge in [-0.1, -0.05) is 12.5 Å². The maximum Gasteiger partial charge on any atom is 0.221 e. The van der Waals surface area contributed by atoms with Crippen LogP contribution >= 0.6 is 0 Å². The summed E-state index contributed by atoms with van der Waals surface area (Å²) in [5, 5.41) is 11.4. The largest absolute Gasteiger partial charge is 0.369 e. The van der Waals surface area contributed by atoms with E-state index in [9.17, 15) is 13.6 Å². The van der Waals surface area contributed by atoms with E-state index < -0.39 is 11.7 Å². The summed E-state index contributed by atoms with van der Waals surface area (Å²) in [6.07, 6.45) is 4.33. The van der Waals surface area contributed by atoms with Crippen LogP contribution in [0, 0.1) is 11.6 Å². The second-order valence-corrected chi connectivity index (χ2v) is 7.58. The first-order valence-corrected chi connectivity index (χ1v) is 9.73. The molecule has 3 N–H and O–H groups in total. The van der Waals surface area contributed by atoms with Crippen molar-refractivity contribution in [3.8, 4) is 11.3 Å². The van der Waals surface area contributed by atoms with Gasteiger partial charge in [-0.2, -0.15) is 0 Å². The standard InChI is InChI=1S/C22H21F2N5O/c23-16-5-4-14(12-19(25)30)11-15(16)18-6-7-20(29-28-18)27-13-22(8-2-9-22)21-17(24)3-1-10-26-21/h1,3-7,10-11H,2,8-9,12-13H2,(H2,25,30)(H,27,29). The fraction of sp³-hybridized carbons (Fsp3) is 0.273. The summed E-state index contributed by atoms with van der Waals surface area (Å²) in [4.78, 5) is 15.4. The highest BCUT2D eigenvalue weighted by atomic mass is 19.1. The number of nitrogens with one attached hydrogen (secondary N) is 1. The van der Waals surface area contributed by atoms with Crippen molar-refractivity contribution >= 4 is 11.7 Å². The van der Waals surface area contributed by atoms with Crippen molar-refractivity contribution in [3.05, 3.63) is 71.6 Å². The molecule has 0 atom stereocenters. The predicted molar refractivity (Wildman–Crippen MR) is 109 cm³/mol. The number of anilines is 1. The molecule has 0 spiro atoms. The van der Waals surface area contributed by atoms with Crippen LogP contribution in [0.1, 0.15) is 30.5 Å². The van der Waals surface area contributed by atoms with Crippen LogP contribution in [0.5, 0.6) is 0 Å². The van der Waals surface area contributed by atoms with Gasteiger partial charge in [-0.3, -0.25) is 9.78 Å². The average Bonchev–Trinajstić information content (AvgIpc) is 2.70. The summed E-state index contributed by atoms with van der Waals surface area (Å²) in [7, 11) is 0. The lowest BCUT2D eigenvalue weighted by Gasteiger charge is -2.41. The van der Waals surface area contributed by atoms with Crippen LogP contribution in [0.15, 0.2) is 48.7 Å². The summed E-state index contributed by atoms with van der Waals surface area (Å²) >= 11 is 0. The topological polar surface area (TPSA) is 93.8 Å². The normalized spacial score (nSPS) is 14.7. The minimum atomic E-state index is -0.493. The highest BCUT2D eigenvalue weighted by Crippen LogP contribution is 2.43. The van der Waals surface area contributed by atoms with Gasteiger partial charge in [0.15, 0.2) is 0 Å². The van der Waals surface area contributed by atoms with Crippen LogP contribution in [0.4, 0.5) is 14.6 Å². The Morgan fingerprint density at radius 1 is 1.10 bits per heavy atom. The van der Waals surface area contributed by atoms with E-state index in [1.54, 1.807) is 30.5 Å². The van der Waals surface area contributed by atoms with Crippen LogP contribution in [0.2, 0.25) is 0 Å². The Kier molecular flexibility index (Phi) is 5.39. The van der Waals surface area contributed by atoms with Crippen molar-refractivity contribution in [1.29, 1.82) is 0 Å². The van der Waals surface area contributed by atoms with E-state index in [2.05, 4.69) is 20.5 Å². The zero-order valence-corrected chi connectivity index (χ0v) is 16.2. The molecule has 1 aromatic carbocycles. The summed E-state index contributed by atoms with van der Waals surface area (Å²) in [6, 6.07) is 10.7. The summed E-state index contributed by atoms with van der Waals surface area (Å²) in [5.74, 6) is -0.744. The Labute approximate surface area is 172 Å². The zero-order chi connectivity index (χ0) is 21.1. The molecule has 4 rings (SSSR count). The zero-order valence-electron chi connectivity index (χ0n) is 16.2. The second kappa shape index (κ2) is 8.14. The molecule has 0 saturated heterocycles. The van der Waals surface area contributed by atoms with Gasteiger partial charge in [0.25, 0.3) is 0 Å². The number of benzene rings is 1. The Hall–Kier alpha value is -3.42. The summed E-state index contributed by atoms with van der Waals surface area (Å²) in [6.45, 7) is 0.484. The van der Waals surface area contributed by atoms with E-state index in [1.807, 2.05) is 0 Å². The van der Waals surface area contributed by atoms with E-state index in [-0.39, 0.29) is 23.2 Å². The van der Waals surface area contributed by atoms with Gasteiger partial charge >= 0.3 is 0 Å². The number of nitrogens with two attached hydrogens (primary N) is 1. The van der Waals surface area contributed by atoms with Gasteiger partial charge in [-0.15, -0.1) is 10.2 Å². The van der Waals surface area contributed by atoms with E-state index in [0.717, 1.165) is 19.3 Å². The minimum absolute atomic E-state index is 0.0203. The summed E-state index contributed by atoms with van der Waals surface area (Å²) in [5.41, 5.74) is 6.52. The third-order valence-electron chi connectivity index (χ3n) is 5.53. The van der Waals surface area contributed by atoms with Gasteiger partial charge in [0.2, 0.25) is 5.91 Å². The number of halogens is 2. The molecule has 1 aliphatic carbocycles. The molecule has 1 fully saturated rings. The number of carbonyl (C=O) groups excluding carboxylic acids is 1. The Bertz CT molecular complexity index is 1070. The quantitative estimate of drug-likeness (QED) is 0.624. The first-order valence-electron chi connectivity index (χ1n) is 9.73. The van der Waals surface area contributed by atoms with Gasteiger partial charge in [0.05, 0.1) is 17.8 Å². The van der Waals surface area contributed by atoms with Crippen LogP contribution in [0.3, 0.4) is 0 Å². The Morgan fingerprint density at radius 2 is 1.93 bits per heavy atom. The molecule has 1 amide bonds. The number of aromatic nitrogens is 3. The molecule has 1 aliphatic rings. The van der Waals surface area contributed by atoms with Crippen LogP contribution < -0.4 is 11.1 Å². The number of carbonyl (C=O) groups is 1. The monoisotopic (exact) mass is 409 g/mol. The highest BCUT2D eigenvalue weighted by molar-refractivity contribution is 5.77. The van der Waals surface area contributed by atoms with Crippen LogP contribution in [0.25, 0.3) is 11.3 Å². The highest BCUT2D eigenvalue weighted by Gasteiger charge is 2.41. The van der Waals surface area contributed by atoms with E-state index >= 15 is 0 Å². The minimum Gasteiger partial charge on any atom is -0.369 e. The van der Waals surface area contributed by atoms with Gasteiger partial charge in [0.1, 0.15) is 17.5 Å². The van der Waals surface area contributed by atoms with Gasteiger partial charge in [-0.05, 0) is 54.8 Å². The van der Waals surface area contributed by atoms with E-state index in [0.29, 0.717) is 29.3 Å². The van der Waals surface area contributed by atoms with E-state index in [4.69, 9.17) is 5.73 Å². The molecule has 2 heterocycles. The molecule has 0 unspecified atom stereocenters. The lowest BCUT2D eigenvalue weighted by Crippen LogP contribution is -2.42. The lowest BCUT2D eigenvalue weighted by atomic mass is 9.66. The van der Waals surface area contributed by atoms with Crippen molar-refractivity contribution < 1.29 is 13.6 Å². The Morgan fingerprint density at radius 3 is 2.57 bits per heavy atom. The fourth-order valence-corrected chi connectivity index (χ4v) is 3.79. The molecule has 154 valence electrons. The van der Waals surface area contributed by atoms with Gasteiger partial charge in [0, 0.05) is 23.7 Å². The van der Waals surface area contributed by atoms with Gasteiger partial charge in [-0.25, -0.2) is 8.78 Å². The molecule has 3 aromatic rings. The van der Waals surface area contributed by atoms with Crippen molar-refractivity contribution in [2.75, 3.05) is 11.9 Å². The van der Waals surface area contributed by atoms with Gasteiger partial charge < -0.3 is 11.1 Å². The number of pyridine rings is 1. The first-order chi connectivity index (χ1) is 14.5. The molecule has 8 heteroatoms. The average molecular weight is 409 g/mol. The lowest BCUT2D eigenvalue weighted by molar-refractivity contribution is -0.117. The number of rotatable bonds is 7. The molecule has 2 aromatic heterocycles. The molecule has 0 bridgehead atoms. The summed E-state index contributed by atoms with van der Waals surface area (Å²) < 4.78 is 28.5. The number of nitrogens with zero attached hydrogens (tertiary/aromatic N) is 3. The molecule has 1 saturated carbocycles. The molecule has 0 radical (unpaired) electrons. The fourth-order valence-electron chi connectivity index (χ4n) is 3.79. The van der Waals surface area contributed by atoms with Crippen molar-refractivity contribution in [3.63, 3.8) is 0 Å². The van der Waals surface area contributed by atoms with E-state index in [1.165, 1.54) is 18.2 Å². The van der Waals surface area contributed by atoms with Crippen molar-refractivity contribution in [1.82, 2.24) is 15.2 Å². The van der Waals surface area contributed by atoms with Crippen LogP contribution in [-0.4, -0.2) is 27.6 Å². The molecular weight excluding hydrogens is 388 g/mol. The number of hydrogen-bond donors (Lipinski definition) is 2. The smallest absolute Gasteiger partial charge is 0.221 e. The maximum atomic E-state index is 14.2. The second-order valence-electron chi connectivity index (χ2n) is 7.58. The first kappa shape index (κ1) is 19.9. The molecule has 6 nitrogen and oxygen atoms in total. The number of hydrogen-bond acceptors (Lipinski definition) is 5.